The molecule has 1 fully saturated rings. The van der Waals surface area contributed by atoms with Crippen LogP contribution in [0.1, 0.15) is 26.3 Å². The number of carbonyl (C=O) groups excluding carboxylic acids is 2. The zero-order valence-corrected chi connectivity index (χ0v) is 22.0. The number of anilines is 2. The molecular formula is C30H27N7O4. The summed E-state index contributed by atoms with van der Waals surface area (Å²) in [6, 6.07) is 19.5. The van der Waals surface area contributed by atoms with Crippen LogP contribution in [0.15, 0.2) is 72.9 Å². The fraction of sp³-hybridized carbons (Fsp3) is 0.167. The van der Waals surface area contributed by atoms with E-state index in [1.807, 2.05) is 53.1 Å². The number of amides is 1. The Kier molecular flexibility index (Phi) is 7.00. The van der Waals surface area contributed by atoms with E-state index < -0.39 is 0 Å². The van der Waals surface area contributed by atoms with Crippen LogP contribution in [-0.4, -0.2) is 63.1 Å². The second kappa shape index (κ2) is 11.1. The van der Waals surface area contributed by atoms with Crippen molar-refractivity contribution in [2.75, 3.05) is 36.9 Å². The van der Waals surface area contributed by atoms with Gasteiger partial charge in [0.15, 0.2) is 17.8 Å². The van der Waals surface area contributed by atoms with Gasteiger partial charge in [0.2, 0.25) is 0 Å². The number of nitrogens with zero attached hydrogens (tertiary/aromatic N) is 5. The Balaban J connectivity index is 1.32. The summed E-state index contributed by atoms with van der Waals surface area (Å²) in [7, 11) is 0. The fourth-order valence-corrected chi connectivity index (χ4v) is 4.79. The molecule has 1 saturated heterocycles. The minimum Gasteiger partial charge on any atom is -0.507 e. The Morgan fingerprint density at radius 3 is 2.61 bits per heavy atom. The average Bonchev–Trinajstić information content (AvgIpc) is 3.39. The first-order valence-corrected chi connectivity index (χ1v) is 13.1. The van der Waals surface area contributed by atoms with Gasteiger partial charge in [-0.1, -0.05) is 12.1 Å². The third kappa shape index (κ3) is 5.18. The van der Waals surface area contributed by atoms with E-state index >= 15 is 0 Å². The highest BCUT2D eigenvalue weighted by Gasteiger charge is 2.20. The first kappa shape index (κ1) is 26.0. The number of rotatable bonds is 7. The maximum Gasteiger partial charge on any atom is 0.251 e. The van der Waals surface area contributed by atoms with E-state index in [2.05, 4.69) is 15.2 Å². The Morgan fingerprint density at radius 1 is 1.05 bits per heavy atom. The van der Waals surface area contributed by atoms with E-state index in [9.17, 15) is 14.7 Å². The highest BCUT2D eigenvalue weighted by molar-refractivity contribution is 5.96. The van der Waals surface area contributed by atoms with E-state index in [4.69, 9.17) is 20.4 Å². The van der Waals surface area contributed by atoms with Crippen molar-refractivity contribution in [3.63, 3.8) is 0 Å². The molecule has 2 aromatic carbocycles. The molecular weight excluding hydrogens is 522 g/mol. The molecule has 41 heavy (non-hydrogen) atoms. The average molecular weight is 550 g/mol. The number of hydrogen-bond donors (Lipinski definition) is 3. The number of nitrogen functional groups attached to an aromatic ring is 1. The van der Waals surface area contributed by atoms with Gasteiger partial charge in [0.25, 0.3) is 5.91 Å². The molecule has 0 radical (unpaired) electrons. The molecule has 4 N–H and O–H groups in total. The number of phenols is 1. The van der Waals surface area contributed by atoms with Gasteiger partial charge in [0, 0.05) is 37.1 Å². The zero-order chi connectivity index (χ0) is 28.3. The van der Waals surface area contributed by atoms with Crippen LogP contribution in [-0.2, 0) is 11.3 Å². The molecule has 0 spiro atoms. The number of aldehydes is 1. The smallest absolute Gasteiger partial charge is 0.251 e. The summed E-state index contributed by atoms with van der Waals surface area (Å²) in [5, 5.41) is 12.5. The Bertz CT molecular complexity index is 1740. The molecule has 11 heteroatoms. The lowest BCUT2D eigenvalue weighted by molar-refractivity contribution is 0.0951. The second-order valence-electron chi connectivity index (χ2n) is 9.56. The molecule has 0 aliphatic carbocycles. The first-order valence-electron chi connectivity index (χ1n) is 13.1. The number of imidazole rings is 1. The van der Waals surface area contributed by atoms with Crippen LogP contribution in [0, 0.1) is 0 Å². The summed E-state index contributed by atoms with van der Waals surface area (Å²) < 4.78 is 7.47. The molecule has 0 saturated carbocycles. The van der Waals surface area contributed by atoms with Gasteiger partial charge in [0.1, 0.15) is 22.9 Å². The molecule has 206 valence electrons. The number of aromatic hydroxyl groups is 1. The van der Waals surface area contributed by atoms with E-state index in [0.717, 1.165) is 35.7 Å². The third-order valence-corrected chi connectivity index (χ3v) is 6.97. The number of aromatic nitrogens is 4. The minimum absolute atomic E-state index is 0.0602. The van der Waals surface area contributed by atoms with Crippen molar-refractivity contribution < 1.29 is 19.4 Å². The molecule has 1 aliphatic heterocycles. The van der Waals surface area contributed by atoms with Crippen LogP contribution < -0.4 is 16.0 Å². The molecule has 1 amide bonds. The SMILES string of the molecule is Nc1ncccc1-c1nc2ccc(N3CCOCC3)nc2n1-c1ccc(CNC(=O)c2ccc(O)c(C=O)c2)cc1. The van der Waals surface area contributed by atoms with Crippen molar-refractivity contribution in [2.24, 2.45) is 0 Å². The van der Waals surface area contributed by atoms with Crippen molar-refractivity contribution in [3.8, 4) is 22.8 Å². The molecule has 5 aromatic rings. The number of fused-ring (bicyclic) bond motifs is 1. The van der Waals surface area contributed by atoms with Crippen molar-refractivity contribution in [1.82, 2.24) is 24.8 Å². The number of morpholine rings is 1. The Morgan fingerprint density at radius 2 is 1.85 bits per heavy atom. The number of phenolic OH excluding ortho intramolecular Hbond substituents is 1. The summed E-state index contributed by atoms with van der Waals surface area (Å²) in [5.74, 6) is 1.31. The Hall–Kier alpha value is -5.29. The number of carbonyl (C=O) groups is 2. The topological polar surface area (TPSA) is 148 Å². The summed E-state index contributed by atoms with van der Waals surface area (Å²) in [6.45, 7) is 3.09. The second-order valence-corrected chi connectivity index (χ2v) is 9.56. The van der Waals surface area contributed by atoms with Gasteiger partial charge < -0.3 is 25.8 Å². The number of nitrogens with one attached hydrogen (secondary N) is 1. The van der Waals surface area contributed by atoms with E-state index in [1.165, 1.54) is 18.2 Å². The van der Waals surface area contributed by atoms with Gasteiger partial charge in [-0.15, -0.1) is 0 Å². The van der Waals surface area contributed by atoms with Crippen molar-refractivity contribution in [3.05, 3.63) is 89.6 Å². The maximum atomic E-state index is 12.6. The number of pyridine rings is 2. The normalized spacial score (nSPS) is 13.3. The molecule has 0 atom stereocenters. The lowest BCUT2D eigenvalue weighted by atomic mass is 10.1. The zero-order valence-electron chi connectivity index (χ0n) is 22.0. The van der Waals surface area contributed by atoms with Gasteiger partial charge in [0.05, 0.1) is 24.3 Å². The number of hydrogen-bond acceptors (Lipinski definition) is 9. The van der Waals surface area contributed by atoms with Crippen molar-refractivity contribution >= 4 is 35.0 Å². The Labute approximate surface area is 235 Å². The predicted molar refractivity (Wildman–Crippen MR) is 154 cm³/mol. The van der Waals surface area contributed by atoms with Crippen LogP contribution in [0.5, 0.6) is 5.75 Å². The van der Waals surface area contributed by atoms with E-state index in [-0.39, 0.29) is 29.3 Å². The summed E-state index contributed by atoms with van der Waals surface area (Å²) >= 11 is 0. The van der Waals surface area contributed by atoms with Gasteiger partial charge in [-0.3, -0.25) is 14.2 Å². The third-order valence-electron chi connectivity index (χ3n) is 6.97. The number of benzene rings is 2. The summed E-state index contributed by atoms with van der Waals surface area (Å²) in [4.78, 5) is 40.1. The van der Waals surface area contributed by atoms with E-state index in [1.54, 1.807) is 6.20 Å². The quantitative estimate of drug-likeness (QED) is 0.260. The highest BCUT2D eigenvalue weighted by atomic mass is 16.5. The van der Waals surface area contributed by atoms with Crippen LogP contribution in [0.2, 0.25) is 0 Å². The molecule has 0 unspecified atom stereocenters. The van der Waals surface area contributed by atoms with E-state index in [0.29, 0.717) is 42.4 Å². The van der Waals surface area contributed by atoms with Crippen molar-refractivity contribution in [1.29, 1.82) is 0 Å². The lowest BCUT2D eigenvalue weighted by Gasteiger charge is -2.27. The molecule has 6 rings (SSSR count). The van der Waals surface area contributed by atoms with Crippen LogP contribution in [0.4, 0.5) is 11.6 Å². The molecule has 11 nitrogen and oxygen atoms in total. The lowest BCUT2D eigenvalue weighted by Crippen LogP contribution is -2.36. The standard InChI is InChI=1S/C30H27N7O4/c31-27-23(2-1-11-32-27)28-34-24-8-10-26(36-12-14-41-15-13-36)35-29(24)37(28)22-6-3-19(4-7-22)17-33-30(40)20-5-9-25(39)21(16-20)18-38/h1-11,16,18,39H,12-15,17H2,(H2,31,32)(H,33,40). The maximum absolute atomic E-state index is 12.6. The van der Waals surface area contributed by atoms with Gasteiger partial charge in [-0.25, -0.2) is 15.0 Å². The summed E-state index contributed by atoms with van der Waals surface area (Å²) in [6.07, 6.45) is 2.15. The molecule has 0 bridgehead atoms. The van der Waals surface area contributed by atoms with Crippen LogP contribution in [0.3, 0.4) is 0 Å². The summed E-state index contributed by atoms with van der Waals surface area (Å²) in [5.41, 5.74) is 10.4. The molecule has 1 aliphatic rings. The highest BCUT2D eigenvalue weighted by Crippen LogP contribution is 2.31. The van der Waals surface area contributed by atoms with Gasteiger partial charge >= 0.3 is 0 Å². The van der Waals surface area contributed by atoms with Crippen LogP contribution >= 0.6 is 0 Å². The number of nitrogens with two attached hydrogens (primary N) is 1. The van der Waals surface area contributed by atoms with Crippen molar-refractivity contribution in [2.45, 2.75) is 6.54 Å². The molecule has 3 aromatic heterocycles. The van der Waals surface area contributed by atoms with Gasteiger partial charge in [-0.2, -0.15) is 0 Å². The largest absolute Gasteiger partial charge is 0.507 e. The molecule has 4 heterocycles. The van der Waals surface area contributed by atoms with Crippen LogP contribution in [0.25, 0.3) is 28.2 Å². The predicted octanol–water partition coefficient (Wildman–Crippen LogP) is 3.35. The minimum atomic E-state index is -0.355. The number of ether oxygens (including phenoxy) is 1. The first-order chi connectivity index (χ1) is 20.0. The fourth-order valence-electron chi connectivity index (χ4n) is 4.79. The van der Waals surface area contributed by atoms with Gasteiger partial charge in [-0.05, 0) is 60.2 Å². The monoisotopic (exact) mass is 549 g/mol.